The monoisotopic (exact) mass is 377 g/mol. The number of hydrogen-bond acceptors (Lipinski definition) is 5. The number of rotatable bonds is 2. The van der Waals surface area contributed by atoms with Crippen LogP contribution in [-0.2, 0) is 0 Å². The first-order valence-electron chi connectivity index (χ1n) is 9.40. The highest BCUT2D eigenvalue weighted by Gasteiger charge is 2.33. The predicted molar refractivity (Wildman–Crippen MR) is 103 cm³/mol. The second-order valence-electron chi connectivity index (χ2n) is 7.01. The number of H-pyrrole nitrogens is 1. The summed E-state index contributed by atoms with van der Waals surface area (Å²) in [5.41, 5.74) is 1.00. The molecule has 7 nitrogen and oxygen atoms in total. The van der Waals surface area contributed by atoms with Crippen LogP contribution < -0.4 is 15.0 Å². The summed E-state index contributed by atoms with van der Waals surface area (Å²) in [5.74, 6) is 1.28. The standard InChI is InChI=1S/C21H19N3O4/c25-20-15-5-2-1-4-14(15)19(22-23-20)21(26)24-9-3-6-16(24)13-7-8-17-18(12-13)28-11-10-27-17/h1-2,4-5,7-8,12,16H,3,6,9-11H2,(H,23,25)/t16-/m0/s1. The van der Waals surface area contributed by atoms with E-state index in [9.17, 15) is 9.59 Å². The van der Waals surface area contributed by atoms with E-state index in [1.165, 1.54) is 0 Å². The van der Waals surface area contributed by atoms with E-state index in [4.69, 9.17) is 9.47 Å². The first kappa shape index (κ1) is 16.8. The van der Waals surface area contributed by atoms with Gasteiger partial charge in [0, 0.05) is 11.9 Å². The van der Waals surface area contributed by atoms with Gasteiger partial charge in [0.1, 0.15) is 13.2 Å². The summed E-state index contributed by atoms with van der Waals surface area (Å²) in [7, 11) is 0. The summed E-state index contributed by atoms with van der Waals surface area (Å²) in [6.07, 6.45) is 1.78. The second kappa shape index (κ2) is 6.67. The van der Waals surface area contributed by atoms with Crippen LogP contribution >= 0.6 is 0 Å². The lowest BCUT2D eigenvalue weighted by atomic mass is 10.0. The molecule has 0 radical (unpaired) electrons. The summed E-state index contributed by atoms with van der Waals surface area (Å²) < 4.78 is 11.3. The third-order valence-electron chi connectivity index (χ3n) is 5.36. The normalized spacial score (nSPS) is 18.4. The zero-order valence-electron chi connectivity index (χ0n) is 15.2. The maximum atomic E-state index is 13.3. The van der Waals surface area contributed by atoms with Crippen LogP contribution in [0, 0.1) is 0 Å². The fourth-order valence-electron chi connectivity index (χ4n) is 4.04. The molecule has 1 saturated heterocycles. The Balaban J connectivity index is 1.52. The van der Waals surface area contributed by atoms with Gasteiger partial charge in [-0.1, -0.05) is 24.3 Å². The summed E-state index contributed by atoms with van der Waals surface area (Å²) in [5, 5.41) is 7.57. The molecule has 2 aliphatic rings. The summed E-state index contributed by atoms with van der Waals surface area (Å²) in [6.45, 7) is 1.72. The van der Waals surface area contributed by atoms with Crippen molar-refractivity contribution in [2.24, 2.45) is 0 Å². The van der Waals surface area contributed by atoms with E-state index in [2.05, 4.69) is 10.2 Å². The summed E-state index contributed by atoms with van der Waals surface area (Å²) >= 11 is 0. The molecule has 0 unspecified atom stereocenters. The van der Waals surface area contributed by atoms with Crippen molar-refractivity contribution in [3.05, 3.63) is 64.1 Å². The third-order valence-corrected chi connectivity index (χ3v) is 5.36. The molecule has 3 aromatic rings. The molecule has 1 fully saturated rings. The van der Waals surface area contributed by atoms with E-state index in [0.29, 0.717) is 30.5 Å². The fourth-order valence-corrected chi connectivity index (χ4v) is 4.04. The maximum Gasteiger partial charge on any atom is 0.275 e. The molecule has 0 spiro atoms. The third kappa shape index (κ3) is 2.70. The molecule has 1 amide bonds. The van der Waals surface area contributed by atoms with Crippen molar-refractivity contribution in [3.63, 3.8) is 0 Å². The van der Waals surface area contributed by atoms with E-state index >= 15 is 0 Å². The Bertz CT molecular complexity index is 1120. The number of nitrogens with zero attached hydrogens (tertiary/aromatic N) is 2. The number of hydrogen-bond donors (Lipinski definition) is 1. The number of aromatic amines is 1. The van der Waals surface area contributed by atoms with Crippen LogP contribution in [0.4, 0.5) is 0 Å². The minimum Gasteiger partial charge on any atom is -0.486 e. The fraction of sp³-hybridized carbons (Fsp3) is 0.286. The molecule has 1 aromatic heterocycles. The summed E-state index contributed by atoms with van der Waals surface area (Å²) in [6, 6.07) is 12.8. The number of fused-ring (bicyclic) bond motifs is 2. The van der Waals surface area contributed by atoms with Crippen molar-refractivity contribution in [2.75, 3.05) is 19.8 Å². The first-order chi connectivity index (χ1) is 13.7. The van der Waals surface area contributed by atoms with Crippen molar-refractivity contribution >= 4 is 16.7 Å². The average molecular weight is 377 g/mol. The Hall–Kier alpha value is -3.35. The van der Waals surface area contributed by atoms with Gasteiger partial charge in [0.25, 0.3) is 11.5 Å². The largest absolute Gasteiger partial charge is 0.486 e. The first-order valence-corrected chi connectivity index (χ1v) is 9.40. The minimum absolute atomic E-state index is 0.0594. The minimum atomic E-state index is -0.294. The number of carbonyl (C=O) groups excluding carboxylic acids is 1. The zero-order chi connectivity index (χ0) is 19.1. The van der Waals surface area contributed by atoms with Gasteiger partial charge in [-0.25, -0.2) is 5.10 Å². The van der Waals surface area contributed by atoms with Gasteiger partial charge < -0.3 is 14.4 Å². The van der Waals surface area contributed by atoms with Crippen molar-refractivity contribution in [2.45, 2.75) is 18.9 Å². The average Bonchev–Trinajstić information content (AvgIpc) is 3.23. The second-order valence-corrected chi connectivity index (χ2v) is 7.01. The number of aromatic nitrogens is 2. The van der Waals surface area contributed by atoms with Crippen LogP contribution in [-0.4, -0.2) is 40.8 Å². The van der Waals surface area contributed by atoms with Crippen molar-refractivity contribution in [3.8, 4) is 11.5 Å². The lowest BCUT2D eigenvalue weighted by Crippen LogP contribution is -2.32. The number of ether oxygens (including phenoxy) is 2. The van der Waals surface area contributed by atoms with Crippen molar-refractivity contribution < 1.29 is 14.3 Å². The van der Waals surface area contributed by atoms with E-state index in [1.807, 2.05) is 29.2 Å². The molecule has 2 aliphatic heterocycles. The molecule has 142 valence electrons. The van der Waals surface area contributed by atoms with Gasteiger partial charge >= 0.3 is 0 Å². The Morgan fingerprint density at radius 2 is 1.86 bits per heavy atom. The highest BCUT2D eigenvalue weighted by Crippen LogP contribution is 2.38. The van der Waals surface area contributed by atoms with Crippen molar-refractivity contribution in [1.82, 2.24) is 15.1 Å². The van der Waals surface area contributed by atoms with Gasteiger partial charge in [-0.2, -0.15) is 5.10 Å². The molecule has 1 N–H and O–H groups in total. The molecule has 0 bridgehead atoms. The molecule has 5 rings (SSSR count). The molecule has 3 heterocycles. The van der Waals surface area contributed by atoms with Crippen LogP contribution in [0.1, 0.15) is 34.9 Å². The van der Waals surface area contributed by atoms with E-state index in [-0.39, 0.29) is 23.2 Å². The van der Waals surface area contributed by atoms with Gasteiger partial charge in [-0.15, -0.1) is 0 Å². The van der Waals surface area contributed by atoms with Gasteiger partial charge in [0.05, 0.1) is 11.4 Å². The number of benzene rings is 2. The van der Waals surface area contributed by atoms with Crippen LogP contribution in [0.2, 0.25) is 0 Å². The molecule has 2 aromatic carbocycles. The molecule has 0 saturated carbocycles. The summed E-state index contributed by atoms with van der Waals surface area (Å²) in [4.78, 5) is 27.2. The molecule has 7 heteroatoms. The number of carbonyl (C=O) groups is 1. The van der Waals surface area contributed by atoms with E-state index in [1.54, 1.807) is 18.2 Å². The Morgan fingerprint density at radius 1 is 1.07 bits per heavy atom. The van der Waals surface area contributed by atoms with E-state index < -0.39 is 0 Å². The van der Waals surface area contributed by atoms with Crippen LogP contribution in [0.25, 0.3) is 10.8 Å². The zero-order valence-corrected chi connectivity index (χ0v) is 15.2. The number of likely N-dealkylation sites (tertiary alicyclic amines) is 1. The lowest BCUT2D eigenvalue weighted by Gasteiger charge is -2.26. The Labute approximate surface area is 160 Å². The van der Waals surface area contributed by atoms with Gasteiger partial charge in [0.15, 0.2) is 17.2 Å². The highest BCUT2D eigenvalue weighted by molar-refractivity contribution is 6.05. The highest BCUT2D eigenvalue weighted by atomic mass is 16.6. The van der Waals surface area contributed by atoms with Gasteiger partial charge in [-0.3, -0.25) is 9.59 Å². The molecular weight excluding hydrogens is 358 g/mol. The number of amides is 1. The quantitative estimate of drug-likeness (QED) is 0.742. The predicted octanol–water partition coefficient (Wildman–Crippen LogP) is 2.67. The number of nitrogens with one attached hydrogen (secondary N) is 1. The van der Waals surface area contributed by atoms with Crippen LogP contribution in [0.5, 0.6) is 11.5 Å². The molecule has 0 aliphatic carbocycles. The Kier molecular flexibility index (Phi) is 4.00. The molecule has 28 heavy (non-hydrogen) atoms. The van der Waals surface area contributed by atoms with Crippen LogP contribution in [0.3, 0.4) is 0 Å². The molecular formula is C21H19N3O4. The smallest absolute Gasteiger partial charge is 0.275 e. The topological polar surface area (TPSA) is 84.5 Å². The van der Waals surface area contributed by atoms with Gasteiger partial charge in [-0.05, 0) is 36.6 Å². The van der Waals surface area contributed by atoms with Crippen LogP contribution in [0.15, 0.2) is 47.3 Å². The molecule has 1 atom stereocenters. The van der Waals surface area contributed by atoms with Gasteiger partial charge in [0.2, 0.25) is 0 Å². The van der Waals surface area contributed by atoms with E-state index in [0.717, 1.165) is 29.9 Å². The lowest BCUT2D eigenvalue weighted by molar-refractivity contribution is 0.0730. The van der Waals surface area contributed by atoms with Crippen molar-refractivity contribution in [1.29, 1.82) is 0 Å². The SMILES string of the molecule is O=C(c1n[nH]c(=O)c2ccccc12)N1CCC[C@H]1c1ccc2c(c1)OCCO2. The maximum absolute atomic E-state index is 13.3. The Morgan fingerprint density at radius 3 is 2.71 bits per heavy atom.